The van der Waals surface area contributed by atoms with Gasteiger partial charge < -0.3 is 0 Å². The molecule has 1 atom stereocenters. The van der Waals surface area contributed by atoms with Crippen LogP contribution in [0.15, 0.2) is 0 Å². The molecule has 0 aliphatic rings. The summed E-state index contributed by atoms with van der Waals surface area (Å²) in [6.07, 6.45) is 24.9. The quantitative estimate of drug-likeness (QED) is 0.0585. The highest BCUT2D eigenvalue weighted by atomic mass is 32.2. The second kappa shape index (κ2) is 27.5. The Kier molecular flexibility index (Phi) is 27.2. The van der Waals surface area contributed by atoms with Crippen molar-refractivity contribution in [2.75, 3.05) is 0 Å². The zero-order chi connectivity index (χ0) is 29.8. The van der Waals surface area contributed by atoms with Gasteiger partial charge in [0.2, 0.25) is 0 Å². The molecule has 0 saturated heterocycles. The molecule has 0 aromatic rings. The van der Waals surface area contributed by atoms with Crippen LogP contribution in [0.25, 0.3) is 0 Å². The summed E-state index contributed by atoms with van der Waals surface area (Å²) in [4.78, 5) is 0. The first kappa shape index (κ1) is 39.6. The first-order valence-corrected chi connectivity index (χ1v) is 18.3. The lowest BCUT2D eigenvalue weighted by Crippen LogP contribution is -2.21. The van der Waals surface area contributed by atoms with Crippen LogP contribution in [0.2, 0.25) is 0 Å². The molecule has 0 aliphatic carbocycles. The van der Waals surface area contributed by atoms with E-state index in [4.69, 9.17) is 0 Å². The Morgan fingerprint density at radius 3 is 1.05 bits per heavy atom. The van der Waals surface area contributed by atoms with Crippen molar-refractivity contribution in [3.05, 3.63) is 0 Å². The van der Waals surface area contributed by atoms with Crippen molar-refractivity contribution in [1.29, 1.82) is 0 Å². The van der Waals surface area contributed by atoms with Gasteiger partial charge in [0.1, 0.15) is 0 Å². The molecule has 0 amide bonds. The molecular formula is C32H62F4O3S. The van der Waals surface area contributed by atoms with Gasteiger partial charge in [-0.05, 0) is 23.8 Å². The molecule has 0 N–H and O–H groups in total. The van der Waals surface area contributed by atoms with Gasteiger partial charge in [-0.25, -0.2) is 0 Å². The largest absolute Gasteiger partial charge is 0.389 e. The maximum Gasteiger partial charge on any atom is 0.389 e. The van der Waals surface area contributed by atoms with Crippen molar-refractivity contribution < 1.29 is 30.5 Å². The topological polar surface area (TPSA) is 43.4 Å². The third-order valence-electron chi connectivity index (χ3n) is 8.11. The first-order valence-electron chi connectivity index (χ1n) is 16.8. The van der Waals surface area contributed by atoms with Gasteiger partial charge in [0.25, 0.3) is 0 Å². The molecule has 0 radical (unpaired) electrons. The highest BCUT2D eigenvalue weighted by Crippen LogP contribution is 2.24. The van der Waals surface area contributed by atoms with Crippen LogP contribution < -0.4 is 0 Å². The summed E-state index contributed by atoms with van der Waals surface area (Å²) in [5.74, 6) is 0. The summed E-state index contributed by atoms with van der Waals surface area (Å²) in [6, 6.07) is 0. The molecule has 1 unspecified atom stereocenters. The van der Waals surface area contributed by atoms with E-state index in [0.29, 0.717) is 25.7 Å². The van der Waals surface area contributed by atoms with Gasteiger partial charge in [-0.1, -0.05) is 172 Å². The van der Waals surface area contributed by atoms with Gasteiger partial charge >= 0.3 is 16.3 Å². The molecule has 0 aliphatic heterocycles. The number of hydrogen-bond acceptors (Lipinski definition) is 3. The van der Waals surface area contributed by atoms with Crippen molar-refractivity contribution in [1.82, 2.24) is 0 Å². The third kappa shape index (κ3) is 27.8. The van der Waals surface area contributed by atoms with E-state index in [1.54, 1.807) is 0 Å². The van der Waals surface area contributed by atoms with Crippen LogP contribution in [0.4, 0.5) is 17.7 Å². The van der Waals surface area contributed by atoms with Crippen LogP contribution in [0.1, 0.15) is 193 Å². The zero-order valence-corrected chi connectivity index (χ0v) is 26.5. The molecule has 0 aromatic heterocycles. The lowest BCUT2D eigenvalue weighted by atomic mass is 10.0. The molecule has 0 heterocycles. The Morgan fingerprint density at radius 2 is 0.775 bits per heavy atom. The van der Waals surface area contributed by atoms with Crippen LogP contribution in [0.3, 0.4) is 0 Å². The van der Waals surface area contributed by atoms with Gasteiger partial charge in [0.15, 0.2) is 0 Å². The van der Waals surface area contributed by atoms with Gasteiger partial charge in [0.05, 0.1) is 5.25 Å². The van der Waals surface area contributed by atoms with E-state index in [0.717, 1.165) is 51.4 Å². The Hall–Kier alpha value is -0.370. The highest BCUT2D eigenvalue weighted by molar-refractivity contribution is 7.87. The van der Waals surface area contributed by atoms with E-state index in [2.05, 4.69) is 11.3 Å². The average molecular weight is 603 g/mol. The molecule has 0 aromatic carbocycles. The highest BCUT2D eigenvalue weighted by Gasteiger charge is 2.27. The van der Waals surface area contributed by atoms with Crippen molar-refractivity contribution in [2.45, 2.75) is 205 Å². The van der Waals surface area contributed by atoms with Crippen molar-refractivity contribution in [2.24, 2.45) is 0 Å². The Labute approximate surface area is 245 Å². The molecule has 3 nitrogen and oxygen atoms in total. The molecule has 0 fully saturated rings. The molecule has 0 rings (SSSR count). The maximum atomic E-state index is 12.6. The molecule has 0 bridgehead atoms. The van der Waals surface area contributed by atoms with Crippen LogP contribution in [0, 0.1) is 0 Å². The molecular weight excluding hydrogens is 540 g/mol. The summed E-state index contributed by atoms with van der Waals surface area (Å²) in [5.41, 5.74) is 0. The second-order valence-electron chi connectivity index (χ2n) is 12.0. The minimum Gasteiger partial charge on any atom is -0.197 e. The molecule has 0 spiro atoms. The number of rotatable bonds is 31. The lowest BCUT2D eigenvalue weighted by Gasteiger charge is -2.14. The van der Waals surface area contributed by atoms with Crippen LogP contribution >= 0.6 is 0 Å². The maximum absolute atomic E-state index is 12.6. The predicted molar refractivity (Wildman–Crippen MR) is 161 cm³/mol. The van der Waals surface area contributed by atoms with Gasteiger partial charge in [-0.3, -0.25) is 0 Å². The zero-order valence-electron chi connectivity index (χ0n) is 25.7. The van der Waals surface area contributed by atoms with Crippen LogP contribution in [-0.2, 0) is 14.5 Å². The molecule has 242 valence electrons. The van der Waals surface area contributed by atoms with Gasteiger partial charge in [-0.15, -0.1) is 0 Å². The Balaban J connectivity index is 3.64. The standard InChI is InChI=1S/C32H62F4O3S/c1-2-3-4-5-6-7-8-9-10-11-12-13-14-15-16-19-22-25-28-31(40(37,38)39-36)29-26-23-20-17-18-21-24-27-30-32(33,34)35/h31H,2-30H2,1H3. The van der Waals surface area contributed by atoms with E-state index < -0.39 is 28.0 Å². The number of hydrogen-bond donors (Lipinski definition) is 0. The fourth-order valence-corrected chi connectivity index (χ4v) is 6.53. The molecule has 8 heteroatoms. The van der Waals surface area contributed by atoms with E-state index in [9.17, 15) is 26.1 Å². The summed E-state index contributed by atoms with van der Waals surface area (Å²) in [5, 5.41) is -0.791. The third-order valence-corrected chi connectivity index (χ3v) is 9.58. The summed E-state index contributed by atoms with van der Waals surface area (Å²) in [6.45, 7) is 2.26. The van der Waals surface area contributed by atoms with Crippen molar-refractivity contribution in [3.8, 4) is 0 Å². The summed E-state index contributed by atoms with van der Waals surface area (Å²) < 4.78 is 76.3. The van der Waals surface area contributed by atoms with E-state index in [-0.39, 0.29) is 6.42 Å². The average Bonchev–Trinajstić information content (AvgIpc) is 2.91. The smallest absolute Gasteiger partial charge is 0.197 e. The van der Waals surface area contributed by atoms with Crippen molar-refractivity contribution >= 4 is 10.1 Å². The van der Waals surface area contributed by atoms with Crippen LogP contribution in [0.5, 0.6) is 0 Å². The minimum atomic E-state index is -4.16. The van der Waals surface area contributed by atoms with Crippen LogP contribution in [-0.4, -0.2) is 19.8 Å². The summed E-state index contributed by atoms with van der Waals surface area (Å²) >= 11 is 0. The Morgan fingerprint density at radius 1 is 0.500 bits per heavy atom. The molecule has 0 saturated carbocycles. The fraction of sp³-hybridized carbons (Fsp3) is 1.00. The predicted octanol–water partition coefficient (Wildman–Crippen LogP) is 12.5. The fourth-order valence-electron chi connectivity index (χ4n) is 5.52. The summed E-state index contributed by atoms with van der Waals surface area (Å²) in [7, 11) is -4.16. The van der Waals surface area contributed by atoms with Gasteiger partial charge in [-0.2, -0.15) is 21.6 Å². The SMILES string of the molecule is CCCCCCCCCCCCCCCCCCCCC(CCCCCCCCCCC(F)(F)F)S(=O)(=O)OF. The lowest BCUT2D eigenvalue weighted by molar-refractivity contribution is -0.135. The minimum absolute atomic E-state index is 0.186. The Bertz CT molecular complexity index is 626. The number of unbranched alkanes of at least 4 members (excludes halogenated alkanes) is 24. The number of alkyl halides is 3. The molecule has 40 heavy (non-hydrogen) atoms. The van der Waals surface area contributed by atoms with E-state index in [1.807, 2.05) is 0 Å². The van der Waals surface area contributed by atoms with Crippen molar-refractivity contribution in [3.63, 3.8) is 0 Å². The normalized spacial score (nSPS) is 13.2. The first-order chi connectivity index (χ1) is 19.2. The second-order valence-corrected chi connectivity index (χ2v) is 13.7. The number of halogens is 4. The van der Waals surface area contributed by atoms with E-state index >= 15 is 0 Å². The van der Waals surface area contributed by atoms with E-state index in [1.165, 1.54) is 96.3 Å². The monoisotopic (exact) mass is 602 g/mol. The van der Waals surface area contributed by atoms with Gasteiger partial charge in [0, 0.05) is 6.42 Å².